The molecule has 0 saturated carbocycles. The van der Waals surface area contributed by atoms with E-state index in [-0.39, 0.29) is 28.2 Å². The lowest BCUT2D eigenvalue weighted by Gasteiger charge is -2.08. The number of hydrogen-bond acceptors (Lipinski definition) is 7. The number of carbonyl (C=O) groups is 2. The Balaban J connectivity index is 1.85. The van der Waals surface area contributed by atoms with Crippen LogP contribution >= 0.6 is 15.9 Å². The van der Waals surface area contributed by atoms with Gasteiger partial charge in [0.05, 0.1) is 22.3 Å². The second kappa shape index (κ2) is 9.63. The van der Waals surface area contributed by atoms with Crippen LogP contribution < -0.4 is 10.2 Å². The number of nitrogens with one attached hydrogen (secondary N) is 1. The second-order valence-electron chi connectivity index (χ2n) is 6.07. The number of amides is 1. The summed E-state index contributed by atoms with van der Waals surface area (Å²) in [4.78, 5) is 35.3. The fourth-order valence-corrected chi connectivity index (χ4v) is 2.79. The first kappa shape index (κ1) is 21.7. The highest BCUT2D eigenvalue weighted by Gasteiger charge is 2.22. The molecule has 10 heteroatoms. The minimum absolute atomic E-state index is 0.000539. The summed E-state index contributed by atoms with van der Waals surface area (Å²) in [6, 6.07) is 16.2. The molecule has 0 unspecified atom stereocenters. The molecule has 0 atom stereocenters. The van der Waals surface area contributed by atoms with Gasteiger partial charge in [0, 0.05) is 16.1 Å². The van der Waals surface area contributed by atoms with Gasteiger partial charge < -0.3 is 9.84 Å². The summed E-state index contributed by atoms with van der Waals surface area (Å²) in [5, 5.41) is 24.9. The van der Waals surface area contributed by atoms with E-state index in [1.807, 2.05) is 0 Å². The van der Waals surface area contributed by atoms with Crippen LogP contribution in [0.2, 0.25) is 0 Å². The maximum absolute atomic E-state index is 12.5. The van der Waals surface area contributed by atoms with Crippen molar-refractivity contribution in [3.8, 4) is 11.5 Å². The van der Waals surface area contributed by atoms with Gasteiger partial charge in [0.2, 0.25) is 5.75 Å². The van der Waals surface area contributed by atoms with Gasteiger partial charge in [-0.2, -0.15) is 5.10 Å². The number of rotatable bonds is 6. The van der Waals surface area contributed by atoms with Crippen LogP contribution in [0.1, 0.15) is 26.3 Å². The number of benzene rings is 3. The van der Waals surface area contributed by atoms with Gasteiger partial charge in [0.15, 0.2) is 0 Å². The Labute approximate surface area is 184 Å². The third kappa shape index (κ3) is 5.31. The van der Waals surface area contributed by atoms with Crippen molar-refractivity contribution in [3.63, 3.8) is 0 Å². The Morgan fingerprint density at radius 2 is 1.77 bits per heavy atom. The van der Waals surface area contributed by atoms with E-state index in [0.29, 0.717) is 0 Å². The molecule has 3 aromatic carbocycles. The van der Waals surface area contributed by atoms with Crippen molar-refractivity contribution < 1.29 is 24.4 Å². The molecule has 0 aliphatic carbocycles. The second-order valence-corrected chi connectivity index (χ2v) is 6.98. The standard InChI is InChI=1S/C21H14BrN3O6/c22-15-10-8-13(9-11-15)21(28)31-19-14(4-3-6-17(19)25(29)30)12-23-24-20(27)16-5-1-2-7-18(16)26/h1-12,26H,(H,24,27)/b23-12+. The van der Waals surface area contributed by atoms with Gasteiger partial charge in [-0.05, 0) is 42.5 Å². The molecule has 31 heavy (non-hydrogen) atoms. The molecule has 156 valence electrons. The number of aromatic hydroxyl groups is 1. The molecule has 0 heterocycles. The van der Waals surface area contributed by atoms with Gasteiger partial charge in [-0.3, -0.25) is 14.9 Å². The molecule has 9 nitrogen and oxygen atoms in total. The van der Waals surface area contributed by atoms with E-state index in [0.717, 1.165) is 10.7 Å². The molecular weight excluding hydrogens is 470 g/mol. The fourth-order valence-electron chi connectivity index (χ4n) is 2.52. The number of phenols is 1. The Kier molecular flexibility index (Phi) is 6.73. The highest BCUT2D eigenvalue weighted by molar-refractivity contribution is 9.10. The molecule has 0 radical (unpaired) electrons. The van der Waals surface area contributed by atoms with Gasteiger partial charge in [0.25, 0.3) is 5.91 Å². The number of esters is 1. The SMILES string of the molecule is O=C(Oc1c(/C=N/NC(=O)c2ccccc2O)cccc1[N+](=O)[O-])c1ccc(Br)cc1. The maximum atomic E-state index is 12.5. The van der Waals surface area contributed by atoms with Crippen LogP contribution in [-0.2, 0) is 0 Å². The summed E-state index contributed by atoms with van der Waals surface area (Å²) in [5.41, 5.74) is 2.05. The Hall–Kier alpha value is -4.05. The topological polar surface area (TPSA) is 131 Å². The van der Waals surface area contributed by atoms with E-state index in [1.54, 1.807) is 24.3 Å². The zero-order chi connectivity index (χ0) is 22.4. The summed E-state index contributed by atoms with van der Waals surface area (Å²) in [7, 11) is 0. The van der Waals surface area contributed by atoms with E-state index >= 15 is 0 Å². The van der Waals surface area contributed by atoms with E-state index in [4.69, 9.17) is 4.74 Å². The first-order valence-corrected chi connectivity index (χ1v) is 9.52. The molecule has 1 amide bonds. The van der Waals surface area contributed by atoms with E-state index < -0.39 is 22.5 Å². The molecule has 0 aliphatic heterocycles. The highest BCUT2D eigenvalue weighted by Crippen LogP contribution is 2.31. The lowest BCUT2D eigenvalue weighted by atomic mass is 10.2. The number of hydrogen-bond donors (Lipinski definition) is 2. The van der Waals surface area contributed by atoms with Crippen molar-refractivity contribution in [3.05, 3.63) is 98.0 Å². The number of hydrazone groups is 1. The number of nitrogens with zero attached hydrogens (tertiary/aromatic N) is 2. The van der Waals surface area contributed by atoms with Gasteiger partial charge in [-0.1, -0.05) is 34.1 Å². The first-order valence-electron chi connectivity index (χ1n) is 8.73. The lowest BCUT2D eigenvalue weighted by Crippen LogP contribution is -2.18. The van der Waals surface area contributed by atoms with Crippen LogP contribution in [0.3, 0.4) is 0 Å². The average molecular weight is 484 g/mol. The number of para-hydroxylation sites is 2. The predicted octanol–water partition coefficient (Wildman–Crippen LogP) is 4.05. The largest absolute Gasteiger partial charge is 0.507 e. The maximum Gasteiger partial charge on any atom is 0.343 e. The molecular formula is C21H14BrN3O6. The minimum atomic E-state index is -0.797. The van der Waals surface area contributed by atoms with Gasteiger partial charge in [-0.25, -0.2) is 10.2 Å². The van der Waals surface area contributed by atoms with Gasteiger partial charge >= 0.3 is 11.7 Å². The van der Waals surface area contributed by atoms with E-state index in [1.165, 1.54) is 42.5 Å². The monoisotopic (exact) mass is 483 g/mol. The smallest absolute Gasteiger partial charge is 0.343 e. The Bertz CT molecular complexity index is 1180. The van der Waals surface area contributed by atoms with Crippen molar-refractivity contribution >= 4 is 39.7 Å². The normalized spacial score (nSPS) is 10.6. The van der Waals surface area contributed by atoms with Gasteiger partial charge in [0.1, 0.15) is 5.75 Å². The van der Waals surface area contributed by atoms with Crippen LogP contribution in [0.15, 0.2) is 76.3 Å². The first-order chi connectivity index (χ1) is 14.9. The molecule has 3 aromatic rings. The number of halogens is 1. The average Bonchev–Trinajstić information content (AvgIpc) is 2.75. The molecule has 2 N–H and O–H groups in total. The number of nitro benzene ring substituents is 1. The molecule has 0 fully saturated rings. The molecule has 0 bridgehead atoms. The van der Waals surface area contributed by atoms with E-state index in [2.05, 4.69) is 26.5 Å². The number of nitro groups is 1. The summed E-state index contributed by atoms with van der Waals surface area (Å²) < 4.78 is 6.04. The Morgan fingerprint density at radius 3 is 2.45 bits per heavy atom. The molecule has 0 aliphatic rings. The summed E-state index contributed by atoms with van der Waals surface area (Å²) >= 11 is 3.26. The van der Waals surface area contributed by atoms with Crippen molar-refractivity contribution in [1.82, 2.24) is 5.43 Å². The zero-order valence-electron chi connectivity index (χ0n) is 15.7. The lowest BCUT2D eigenvalue weighted by molar-refractivity contribution is -0.385. The molecule has 0 saturated heterocycles. The number of ether oxygens (including phenoxy) is 1. The minimum Gasteiger partial charge on any atom is -0.507 e. The van der Waals surface area contributed by atoms with Gasteiger partial charge in [-0.15, -0.1) is 0 Å². The van der Waals surface area contributed by atoms with Crippen molar-refractivity contribution in [2.75, 3.05) is 0 Å². The summed E-state index contributed by atoms with van der Waals surface area (Å²) in [6.07, 6.45) is 1.11. The van der Waals surface area contributed by atoms with Crippen LogP contribution in [0.4, 0.5) is 5.69 Å². The van der Waals surface area contributed by atoms with Crippen LogP contribution in [0.5, 0.6) is 11.5 Å². The summed E-state index contributed by atoms with van der Waals surface area (Å²) in [5.74, 6) is -2.03. The quantitative estimate of drug-likeness (QED) is 0.179. The predicted molar refractivity (Wildman–Crippen MR) is 115 cm³/mol. The van der Waals surface area contributed by atoms with Crippen molar-refractivity contribution in [1.29, 1.82) is 0 Å². The number of carbonyl (C=O) groups excluding carboxylic acids is 2. The third-order valence-corrected chi connectivity index (χ3v) is 4.54. The third-order valence-electron chi connectivity index (χ3n) is 4.01. The zero-order valence-corrected chi connectivity index (χ0v) is 17.3. The molecule has 0 aromatic heterocycles. The summed E-state index contributed by atoms with van der Waals surface area (Å²) in [6.45, 7) is 0. The highest BCUT2D eigenvalue weighted by atomic mass is 79.9. The van der Waals surface area contributed by atoms with E-state index in [9.17, 15) is 24.8 Å². The van der Waals surface area contributed by atoms with Crippen LogP contribution in [0.25, 0.3) is 0 Å². The molecule has 0 spiro atoms. The number of phenolic OH excluding ortho intramolecular Hbond substituents is 1. The fraction of sp³-hybridized carbons (Fsp3) is 0. The van der Waals surface area contributed by atoms with Crippen LogP contribution in [0, 0.1) is 10.1 Å². The van der Waals surface area contributed by atoms with Crippen molar-refractivity contribution in [2.45, 2.75) is 0 Å². The Morgan fingerprint density at radius 1 is 1.06 bits per heavy atom. The van der Waals surface area contributed by atoms with Crippen LogP contribution in [-0.4, -0.2) is 28.1 Å². The molecule has 3 rings (SSSR count). The van der Waals surface area contributed by atoms with Crippen molar-refractivity contribution in [2.24, 2.45) is 5.10 Å².